The van der Waals surface area contributed by atoms with E-state index >= 15 is 0 Å². The van der Waals surface area contributed by atoms with E-state index in [1.807, 2.05) is 18.9 Å². The molecule has 0 radical (unpaired) electrons. The SMILES string of the molecule is CCNC(=NCCCCN1CCOCC1)N(C)Cc1ccc(C(F)(F)F)cc1. The zero-order valence-electron chi connectivity index (χ0n) is 16.8. The molecule has 1 heterocycles. The van der Waals surface area contributed by atoms with E-state index in [4.69, 9.17) is 4.74 Å². The van der Waals surface area contributed by atoms with Crippen molar-refractivity contribution in [2.45, 2.75) is 32.5 Å². The fraction of sp³-hybridized carbons (Fsp3) is 0.650. The molecule has 0 aliphatic carbocycles. The van der Waals surface area contributed by atoms with Crippen molar-refractivity contribution in [1.82, 2.24) is 15.1 Å². The highest BCUT2D eigenvalue weighted by Gasteiger charge is 2.29. The molecule has 1 saturated heterocycles. The van der Waals surface area contributed by atoms with Crippen molar-refractivity contribution >= 4 is 5.96 Å². The quantitative estimate of drug-likeness (QED) is 0.413. The summed E-state index contributed by atoms with van der Waals surface area (Å²) < 4.78 is 43.4. The summed E-state index contributed by atoms with van der Waals surface area (Å²) in [5.74, 6) is 0.772. The molecule has 1 N–H and O–H groups in total. The van der Waals surface area contributed by atoms with Gasteiger partial charge in [0.05, 0.1) is 18.8 Å². The van der Waals surface area contributed by atoms with Crippen LogP contribution >= 0.6 is 0 Å². The third kappa shape index (κ3) is 7.67. The number of benzene rings is 1. The Kier molecular flexibility index (Phi) is 9.05. The summed E-state index contributed by atoms with van der Waals surface area (Å²) in [6.07, 6.45) is -2.21. The molecule has 5 nitrogen and oxygen atoms in total. The maximum Gasteiger partial charge on any atom is 0.416 e. The largest absolute Gasteiger partial charge is 0.416 e. The molecule has 1 aliphatic heterocycles. The maximum atomic E-state index is 12.7. The van der Waals surface area contributed by atoms with Crippen LogP contribution in [-0.4, -0.2) is 68.7 Å². The van der Waals surface area contributed by atoms with Crippen molar-refractivity contribution in [2.75, 3.05) is 53.0 Å². The third-order valence-electron chi connectivity index (χ3n) is 4.65. The second kappa shape index (κ2) is 11.3. The molecule has 1 aliphatic rings. The monoisotopic (exact) mass is 400 g/mol. The maximum absolute atomic E-state index is 12.7. The van der Waals surface area contributed by atoms with Gasteiger partial charge in [0.25, 0.3) is 0 Å². The van der Waals surface area contributed by atoms with Gasteiger partial charge in [-0.25, -0.2) is 0 Å². The van der Waals surface area contributed by atoms with Gasteiger partial charge >= 0.3 is 6.18 Å². The number of morpholine rings is 1. The molecule has 8 heteroatoms. The van der Waals surface area contributed by atoms with Crippen LogP contribution in [0.3, 0.4) is 0 Å². The first kappa shape index (κ1) is 22.5. The minimum Gasteiger partial charge on any atom is -0.379 e. The molecule has 0 amide bonds. The van der Waals surface area contributed by atoms with E-state index in [9.17, 15) is 13.2 Å². The van der Waals surface area contributed by atoms with Gasteiger partial charge in [0.2, 0.25) is 0 Å². The Labute approximate surface area is 165 Å². The van der Waals surface area contributed by atoms with Gasteiger partial charge in [-0.2, -0.15) is 13.2 Å². The standard InChI is InChI=1S/C20H31F3N4O/c1-3-24-19(25-10-4-5-11-27-12-14-28-15-13-27)26(2)16-17-6-8-18(9-7-17)20(21,22)23/h6-9H,3-5,10-16H2,1-2H3,(H,24,25). The van der Waals surface area contributed by atoms with E-state index < -0.39 is 11.7 Å². The molecule has 0 unspecified atom stereocenters. The van der Waals surface area contributed by atoms with Gasteiger partial charge in [0.1, 0.15) is 0 Å². The van der Waals surface area contributed by atoms with E-state index in [1.54, 1.807) is 0 Å². The van der Waals surface area contributed by atoms with E-state index in [0.717, 1.165) is 82.4 Å². The molecule has 158 valence electrons. The average molecular weight is 400 g/mol. The van der Waals surface area contributed by atoms with Crippen molar-refractivity contribution in [3.05, 3.63) is 35.4 Å². The van der Waals surface area contributed by atoms with Gasteiger partial charge in [-0.15, -0.1) is 0 Å². The molecule has 28 heavy (non-hydrogen) atoms. The lowest BCUT2D eigenvalue weighted by Gasteiger charge is -2.26. The first-order valence-corrected chi connectivity index (χ1v) is 9.86. The lowest BCUT2D eigenvalue weighted by Crippen LogP contribution is -2.38. The molecule has 0 bridgehead atoms. The molecule has 2 rings (SSSR count). The number of ether oxygens (including phenoxy) is 1. The van der Waals surface area contributed by atoms with E-state index in [0.29, 0.717) is 6.54 Å². The highest BCUT2D eigenvalue weighted by atomic mass is 19.4. The lowest BCUT2D eigenvalue weighted by molar-refractivity contribution is -0.137. The zero-order valence-corrected chi connectivity index (χ0v) is 16.8. The fourth-order valence-corrected chi connectivity index (χ4v) is 3.07. The summed E-state index contributed by atoms with van der Waals surface area (Å²) in [5.41, 5.74) is 0.188. The third-order valence-corrected chi connectivity index (χ3v) is 4.65. The van der Waals surface area contributed by atoms with E-state index in [-0.39, 0.29) is 0 Å². The van der Waals surface area contributed by atoms with Crippen molar-refractivity contribution < 1.29 is 17.9 Å². The summed E-state index contributed by atoms with van der Waals surface area (Å²) in [6, 6.07) is 5.29. The number of hydrogen-bond donors (Lipinski definition) is 1. The average Bonchev–Trinajstić information content (AvgIpc) is 2.67. The number of unbranched alkanes of at least 4 members (excludes halogenated alkanes) is 1. The summed E-state index contributed by atoms with van der Waals surface area (Å²) in [7, 11) is 1.90. The minimum absolute atomic E-state index is 0.498. The van der Waals surface area contributed by atoms with Crippen LogP contribution in [0.15, 0.2) is 29.3 Å². The van der Waals surface area contributed by atoms with Crippen LogP contribution in [-0.2, 0) is 17.5 Å². The minimum atomic E-state index is -4.30. The van der Waals surface area contributed by atoms with Gasteiger partial charge in [-0.05, 0) is 44.0 Å². The Bertz CT molecular complexity index is 598. The number of rotatable bonds is 8. The molecule has 0 atom stereocenters. The van der Waals surface area contributed by atoms with Crippen LogP contribution in [0.2, 0.25) is 0 Å². The molecule has 0 aromatic heterocycles. The normalized spacial score (nSPS) is 16.2. The Morgan fingerprint density at radius 1 is 1.18 bits per heavy atom. The second-order valence-electron chi connectivity index (χ2n) is 6.95. The fourth-order valence-electron chi connectivity index (χ4n) is 3.07. The van der Waals surface area contributed by atoms with Gasteiger partial charge in [-0.1, -0.05) is 12.1 Å². The molecular weight excluding hydrogens is 369 g/mol. The molecule has 1 aromatic carbocycles. The number of guanidine groups is 1. The van der Waals surface area contributed by atoms with Crippen LogP contribution in [0.5, 0.6) is 0 Å². The molecule has 0 spiro atoms. The summed E-state index contributed by atoms with van der Waals surface area (Å²) >= 11 is 0. The van der Waals surface area contributed by atoms with Crippen LogP contribution in [0.4, 0.5) is 13.2 Å². The van der Waals surface area contributed by atoms with Crippen molar-refractivity contribution in [2.24, 2.45) is 4.99 Å². The van der Waals surface area contributed by atoms with Crippen LogP contribution in [0, 0.1) is 0 Å². The molecular formula is C20H31F3N4O. The van der Waals surface area contributed by atoms with E-state index in [1.165, 1.54) is 12.1 Å². The Balaban J connectivity index is 1.81. The highest BCUT2D eigenvalue weighted by molar-refractivity contribution is 5.79. The molecule has 0 saturated carbocycles. The van der Waals surface area contributed by atoms with Crippen LogP contribution in [0.1, 0.15) is 30.9 Å². The number of halogens is 3. The predicted octanol–water partition coefficient (Wildman–Crippen LogP) is 3.22. The van der Waals surface area contributed by atoms with Gasteiger partial charge in [0, 0.05) is 39.8 Å². The Hall–Kier alpha value is -1.80. The summed E-state index contributed by atoms with van der Waals surface area (Å²) in [5, 5.41) is 3.25. The van der Waals surface area contributed by atoms with E-state index in [2.05, 4.69) is 15.2 Å². The van der Waals surface area contributed by atoms with Crippen molar-refractivity contribution in [1.29, 1.82) is 0 Å². The predicted molar refractivity (Wildman–Crippen MR) is 105 cm³/mol. The van der Waals surface area contributed by atoms with Gasteiger partial charge in [0.15, 0.2) is 5.96 Å². The van der Waals surface area contributed by atoms with Crippen LogP contribution < -0.4 is 5.32 Å². The summed E-state index contributed by atoms with van der Waals surface area (Å²) in [6.45, 7) is 8.67. The number of nitrogens with one attached hydrogen (secondary N) is 1. The number of aliphatic imine (C=N–C) groups is 1. The second-order valence-corrected chi connectivity index (χ2v) is 6.95. The smallest absolute Gasteiger partial charge is 0.379 e. The molecule has 1 aromatic rings. The van der Waals surface area contributed by atoms with Crippen LogP contribution in [0.25, 0.3) is 0 Å². The number of hydrogen-bond acceptors (Lipinski definition) is 3. The first-order valence-electron chi connectivity index (χ1n) is 9.86. The first-order chi connectivity index (χ1) is 13.4. The molecule has 1 fully saturated rings. The van der Waals surface area contributed by atoms with Crippen molar-refractivity contribution in [3.8, 4) is 0 Å². The van der Waals surface area contributed by atoms with Gasteiger partial charge in [-0.3, -0.25) is 9.89 Å². The summed E-state index contributed by atoms with van der Waals surface area (Å²) in [4.78, 5) is 9.01. The Morgan fingerprint density at radius 3 is 2.46 bits per heavy atom. The number of nitrogens with zero attached hydrogens (tertiary/aromatic N) is 3. The lowest BCUT2D eigenvalue weighted by atomic mass is 10.1. The van der Waals surface area contributed by atoms with Gasteiger partial charge < -0.3 is 15.0 Å². The van der Waals surface area contributed by atoms with Crippen molar-refractivity contribution in [3.63, 3.8) is 0 Å². The highest BCUT2D eigenvalue weighted by Crippen LogP contribution is 2.29. The topological polar surface area (TPSA) is 40.1 Å². The zero-order chi connectivity index (χ0) is 20.4. The Morgan fingerprint density at radius 2 is 1.86 bits per heavy atom. The number of alkyl halides is 3.